The Morgan fingerprint density at radius 3 is 2.76 bits per heavy atom. The van der Waals surface area contributed by atoms with Gasteiger partial charge in [0.25, 0.3) is 0 Å². The van der Waals surface area contributed by atoms with E-state index in [1.807, 2.05) is 6.92 Å². The van der Waals surface area contributed by atoms with Crippen molar-refractivity contribution in [2.45, 2.75) is 51.2 Å². The summed E-state index contributed by atoms with van der Waals surface area (Å²) >= 11 is 0. The zero-order valence-electron chi connectivity index (χ0n) is 10.8. The fourth-order valence-electron chi connectivity index (χ4n) is 2.72. The number of aryl methyl sites for hydroxylation is 1. The Morgan fingerprint density at radius 2 is 2.12 bits per heavy atom. The molecule has 3 heteroatoms. The van der Waals surface area contributed by atoms with E-state index in [0.29, 0.717) is 12.1 Å². The normalized spacial score (nSPS) is 27.5. The Morgan fingerprint density at radius 1 is 1.29 bits per heavy atom. The predicted octanol–water partition coefficient (Wildman–Crippen LogP) is 2.48. The van der Waals surface area contributed by atoms with E-state index in [1.165, 1.54) is 25.8 Å². The quantitative estimate of drug-likeness (QED) is 0.867. The van der Waals surface area contributed by atoms with Crippen molar-refractivity contribution < 1.29 is 4.42 Å². The summed E-state index contributed by atoms with van der Waals surface area (Å²) in [6, 6.07) is 6.10. The van der Waals surface area contributed by atoms with Crippen LogP contribution in [-0.2, 0) is 0 Å². The van der Waals surface area contributed by atoms with Crippen LogP contribution in [0.15, 0.2) is 16.5 Å². The average Bonchev–Trinajstić information content (AvgIpc) is 2.83. The molecule has 1 saturated carbocycles. The second kappa shape index (κ2) is 4.46. The molecule has 3 nitrogen and oxygen atoms in total. The van der Waals surface area contributed by atoms with Gasteiger partial charge in [0.1, 0.15) is 11.5 Å². The number of rotatable bonds is 4. The van der Waals surface area contributed by atoms with E-state index < -0.39 is 0 Å². The van der Waals surface area contributed by atoms with Gasteiger partial charge in [0.2, 0.25) is 0 Å². The summed E-state index contributed by atoms with van der Waals surface area (Å²) < 4.78 is 5.72. The molecule has 0 amide bonds. The van der Waals surface area contributed by atoms with Crippen LogP contribution in [0.25, 0.3) is 0 Å². The summed E-state index contributed by atoms with van der Waals surface area (Å²) in [6.07, 6.45) is 4.04. The van der Waals surface area contributed by atoms with Crippen LogP contribution in [0.5, 0.6) is 0 Å². The number of nitrogens with zero attached hydrogens (tertiary/aromatic N) is 1. The average molecular weight is 234 g/mol. The summed E-state index contributed by atoms with van der Waals surface area (Å²) in [4.78, 5) is 2.53. The van der Waals surface area contributed by atoms with Crippen LogP contribution in [0, 0.1) is 6.92 Å². The maximum Gasteiger partial charge on any atom is 0.121 e. The van der Waals surface area contributed by atoms with Gasteiger partial charge in [0.05, 0.1) is 6.04 Å². The second-order valence-corrected chi connectivity index (χ2v) is 5.55. The first kappa shape index (κ1) is 11.3. The first-order valence-electron chi connectivity index (χ1n) is 6.79. The summed E-state index contributed by atoms with van der Waals surface area (Å²) in [6.45, 7) is 6.61. The van der Waals surface area contributed by atoms with Gasteiger partial charge in [-0.3, -0.25) is 4.90 Å². The molecular formula is C14H22N2O. The minimum atomic E-state index is 0.412. The van der Waals surface area contributed by atoms with Crippen LogP contribution in [-0.4, -0.2) is 30.1 Å². The van der Waals surface area contributed by atoms with Crippen molar-refractivity contribution in [2.75, 3.05) is 13.1 Å². The Balaban J connectivity index is 1.57. The number of hydrogen-bond donors (Lipinski definition) is 1. The van der Waals surface area contributed by atoms with E-state index in [-0.39, 0.29) is 0 Å². The molecule has 1 aromatic rings. The zero-order chi connectivity index (χ0) is 11.8. The highest BCUT2D eigenvalue weighted by Gasteiger charge is 2.31. The van der Waals surface area contributed by atoms with Crippen molar-refractivity contribution in [1.82, 2.24) is 10.2 Å². The summed E-state index contributed by atoms with van der Waals surface area (Å²) in [7, 11) is 0. The van der Waals surface area contributed by atoms with Crippen LogP contribution in [0.4, 0.5) is 0 Å². The third-order valence-corrected chi connectivity index (χ3v) is 3.99. The number of hydrogen-bond acceptors (Lipinski definition) is 3. The lowest BCUT2D eigenvalue weighted by Crippen LogP contribution is -2.34. The smallest absolute Gasteiger partial charge is 0.121 e. The molecule has 1 aliphatic carbocycles. The van der Waals surface area contributed by atoms with Crippen molar-refractivity contribution in [3.8, 4) is 0 Å². The first-order chi connectivity index (χ1) is 8.22. The van der Waals surface area contributed by atoms with Crippen LogP contribution in [0.2, 0.25) is 0 Å². The van der Waals surface area contributed by atoms with Gasteiger partial charge in [-0.2, -0.15) is 0 Å². The highest BCUT2D eigenvalue weighted by Crippen LogP contribution is 2.28. The van der Waals surface area contributed by atoms with E-state index in [1.54, 1.807) is 0 Å². The molecule has 1 N–H and O–H groups in total. The number of furan rings is 1. The van der Waals surface area contributed by atoms with Crippen molar-refractivity contribution in [1.29, 1.82) is 0 Å². The topological polar surface area (TPSA) is 28.4 Å². The number of nitrogens with one attached hydrogen (secondary N) is 1. The minimum Gasteiger partial charge on any atom is -0.465 e. The predicted molar refractivity (Wildman–Crippen MR) is 68.0 cm³/mol. The molecule has 2 aliphatic rings. The monoisotopic (exact) mass is 234 g/mol. The van der Waals surface area contributed by atoms with E-state index in [4.69, 9.17) is 4.42 Å². The molecule has 2 unspecified atom stereocenters. The van der Waals surface area contributed by atoms with Gasteiger partial charge >= 0.3 is 0 Å². The lowest BCUT2D eigenvalue weighted by atomic mass is 10.2. The van der Waals surface area contributed by atoms with Crippen molar-refractivity contribution in [2.24, 2.45) is 0 Å². The largest absolute Gasteiger partial charge is 0.465 e. The molecule has 0 spiro atoms. The Labute approximate surface area is 103 Å². The Bertz CT molecular complexity index is 383. The maximum absolute atomic E-state index is 5.72. The van der Waals surface area contributed by atoms with E-state index in [9.17, 15) is 0 Å². The van der Waals surface area contributed by atoms with E-state index >= 15 is 0 Å². The van der Waals surface area contributed by atoms with Gasteiger partial charge in [-0.25, -0.2) is 0 Å². The molecule has 94 valence electrons. The number of likely N-dealkylation sites (tertiary alicyclic amines) is 1. The van der Waals surface area contributed by atoms with Gasteiger partial charge in [0, 0.05) is 25.2 Å². The molecule has 2 fully saturated rings. The van der Waals surface area contributed by atoms with Gasteiger partial charge in [-0.1, -0.05) is 0 Å². The summed E-state index contributed by atoms with van der Waals surface area (Å²) in [5, 5.41) is 3.72. The van der Waals surface area contributed by atoms with E-state index in [2.05, 4.69) is 29.3 Å². The van der Waals surface area contributed by atoms with Gasteiger partial charge < -0.3 is 9.73 Å². The zero-order valence-corrected chi connectivity index (χ0v) is 10.8. The van der Waals surface area contributed by atoms with Crippen LogP contribution in [0.3, 0.4) is 0 Å². The second-order valence-electron chi connectivity index (χ2n) is 5.55. The van der Waals surface area contributed by atoms with Gasteiger partial charge in [0.15, 0.2) is 0 Å². The SMILES string of the molecule is Cc1ccc(C(C)N2CCC(NC3CC3)C2)o1. The third-order valence-electron chi connectivity index (χ3n) is 3.99. The molecule has 0 aromatic carbocycles. The minimum absolute atomic E-state index is 0.412. The third kappa shape index (κ3) is 2.55. The molecule has 1 aliphatic heterocycles. The van der Waals surface area contributed by atoms with Gasteiger partial charge in [-0.05, 0) is 45.2 Å². The van der Waals surface area contributed by atoms with Crippen molar-refractivity contribution in [3.05, 3.63) is 23.7 Å². The summed E-state index contributed by atoms with van der Waals surface area (Å²) in [5.41, 5.74) is 0. The lowest BCUT2D eigenvalue weighted by molar-refractivity contribution is 0.224. The van der Waals surface area contributed by atoms with Gasteiger partial charge in [-0.15, -0.1) is 0 Å². The van der Waals surface area contributed by atoms with Crippen molar-refractivity contribution >= 4 is 0 Å². The lowest BCUT2D eigenvalue weighted by Gasteiger charge is -2.22. The molecule has 3 rings (SSSR count). The van der Waals surface area contributed by atoms with Crippen LogP contribution >= 0.6 is 0 Å². The van der Waals surface area contributed by atoms with Crippen molar-refractivity contribution in [3.63, 3.8) is 0 Å². The highest BCUT2D eigenvalue weighted by atomic mass is 16.3. The maximum atomic E-state index is 5.72. The molecule has 0 bridgehead atoms. The molecule has 1 saturated heterocycles. The standard InChI is InChI=1S/C14H22N2O/c1-10-3-6-14(17-10)11(2)16-8-7-13(9-16)15-12-4-5-12/h3,6,11-13,15H,4-5,7-9H2,1-2H3. The fraction of sp³-hybridized carbons (Fsp3) is 0.714. The molecule has 2 heterocycles. The Hall–Kier alpha value is -0.800. The highest BCUT2D eigenvalue weighted by molar-refractivity contribution is 5.10. The fourth-order valence-corrected chi connectivity index (χ4v) is 2.72. The first-order valence-corrected chi connectivity index (χ1v) is 6.79. The van der Waals surface area contributed by atoms with E-state index in [0.717, 1.165) is 24.1 Å². The summed E-state index contributed by atoms with van der Waals surface area (Å²) in [5.74, 6) is 2.12. The Kier molecular flexibility index (Phi) is 2.97. The molecule has 0 radical (unpaired) electrons. The van der Waals surface area contributed by atoms with Crippen LogP contribution < -0.4 is 5.32 Å². The molecule has 1 aromatic heterocycles. The van der Waals surface area contributed by atoms with Crippen LogP contribution in [0.1, 0.15) is 43.7 Å². The molecular weight excluding hydrogens is 212 g/mol. The molecule has 17 heavy (non-hydrogen) atoms. The molecule has 2 atom stereocenters.